The Kier molecular flexibility index (Phi) is 5.01. The van der Waals surface area contributed by atoms with Crippen molar-refractivity contribution in [3.63, 3.8) is 0 Å². The van der Waals surface area contributed by atoms with E-state index in [1.807, 2.05) is 11.4 Å². The zero-order valence-corrected chi connectivity index (χ0v) is 17.0. The van der Waals surface area contributed by atoms with Crippen molar-refractivity contribution >= 4 is 38.6 Å². The molecule has 6 nitrogen and oxygen atoms in total. The number of fused-ring (bicyclic) bond motifs is 1. The van der Waals surface area contributed by atoms with Crippen LogP contribution in [0.1, 0.15) is 15.2 Å². The van der Waals surface area contributed by atoms with Gasteiger partial charge in [0.1, 0.15) is 0 Å². The first-order valence-electron chi connectivity index (χ1n) is 8.74. The van der Waals surface area contributed by atoms with Gasteiger partial charge in [0.25, 0.3) is 15.9 Å². The third-order valence-electron chi connectivity index (χ3n) is 4.64. The van der Waals surface area contributed by atoms with Crippen LogP contribution in [0, 0.1) is 5.82 Å². The van der Waals surface area contributed by atoms with E-state index in [-0.39, 0.29) is 16.6 Å². The Morgan fingerprint density at radius 1 is 1.21 bits per heavy atom. The highest BCUT2D eigenvalue weighted by molar-refractivity contribution is 7.92. The molecular weight excluding hydrogens is 415 g/mol. The maximum Gasteiger partial charge on any atom is 0.268 e. The number of nitrogens with one attached hydrogen (secondary N) is 1. The first kappa shape index (κ1) is 19.4. The Hall–Kier alpha value is -2.91. The third-order valence-corrected chi connectivity index (χ3v) is 6.88. The van der Waals surface area contributed by atoms with E-state index in [0.29, 0.717) is 29.2 Å². The fourth-order valence-electron chi connectivity index (χ4n) is 3.22. The highest BCUT2D eigenvalue weighted by Crippen LogP contribution is 2.33. The second-order valence-corrected chi connectivity index (χ2v) is 9.06. The van der Waals surface area contributed by atoms with Crippen molar-refractivity contribution in [1.82, 2.24) is 0 Å². The van der Waals surface area contributed by atoms with Crippen LogP contribution in [-0.4, -0.2) is 28.0 Å². The van der Waals surface area contributed by atoms with Gasteiger partial charge in [0.05, 0.1) is 22.6 Å². The fraction of sp³-hybridized carbons (Fsp3) is 0.150. The topological polar surface area (TPSA) is 75.7 Å². The molecule has 1 aliphatic rings. The van der Waals surface area contributed by atoms with Crippen molar-refractivity contribution in [2.24, 2.45) is 0 Å². The van der Waals surface area contributed by atoms with Gasteiger partial charge in [-0.3, -0.25) is 9.52 Å². The number of hydrogen-bond acceptors (Lipinski definition) is 5. The number of rotatable bonds is 5. The molecule has 0 atom stereocenters. The summed E-state index contributed by atoms with van der Waals surface area (Å²) in [5.41, 5.74) is 1.93. The molecule has 2 heterocycles. The molecule has 3 aromatic rings. The van der Waals surface area contributed by atoms with Crippen LogP contribution < -0.4 is 14.4 Å². The molecule has 0 radical (unpaired) electrons. The molecule has 2 aromatic carbocycles. The summed E-state index contributed by atoms with van der Waals surface area (Å²) in [5.74, 6) is -0.919. The average Bonchev–Trinajstić information content (AvgIpc) is 3.37. The van der Waals surface area contributed by atoms with Crippen molar-refractivity contribution in [2.45, 2.75) is 11.3 Å². The summed E-state index contributed by atoms with van der Waals surface area (Å²) in [7, 11) is -2.70. The zero-order valence-electron chi connectivity index (χ0n) is 15.4. The summed E-state index contributed by atoms with van der Waals surface area (Å²) in [6.07, 6.45) is 0.698. The number of thiophene rings is 1. The number of methoxy groups -OCH3 is 1. The highest BCUT2D eigenvalue weighted by Gasteiger charge is 2.27. The number of nitrogens with zero attached hydrogens (tertiary/aromatic N) is 1. The van der Waals surface area contributed by atoms with Crippen LogP contribution >= 0.6 is 11.3 Å². The summed E-state index contributed by atoms with van der Waals surface area (Å²) in [5, 5.41) is 1.84. The third kappa shape index (κ3) is 3.70. The number of carbonyl (C=O) groups is 1. The number of sulfonamides is 1. The predicted molar refractivity (Wildman–Crippen MR) is 110 cm³/mol. The summed E-state index contributed by atoms with van der Waals surface area (Å²) < 4.78 is 46.5. The van der Waals surface area contributed by atoms with E-state index in [4.69, 9.17) is 4.74 Å². The molecule has 4 rings (SSSR count). The van der Waals surface area contributed by atoms with Gasteiger partial charge >= 0.3 is 0 Å². The molecule has 0 spiro atoms. The Balaban J connectivity index is 1.61. The minimum absolute atomic E-state index is 0.0378. The standard InChI is InChI=1S/C20H17FN2O4S2/c1-27-18-7-6-15(12-16(18)21)29(25,26)22-14-5-4-13-8-9-23(17(13)11-14)20(24)19-3-2-10-28-19/h2-7,10-12,22H,8-9H2,1H3. The molecule has 0 aliphatic carbocycles. The number of amides is 1. The number of benzene rings is 2. The molecule has 9 heteroatoms. The van der Waals surface area contributed by atoms with Gasteiger partial charge in [-0.1, -0.05) is 12.1 Å². The number of halogens is 1. The largest absolute Gasteiger partial charge is 0.494 e. The maximum absolute atomic E-state index is 13.9. The first-order chi connectivity index (χ1) is 13.9. The van der Waals surface area contributed by atoms with Gasteiger partial charge < -0.3 is 9.64 Å². The van der Waals surface area contributed by atoms with Crippen molar-refractivity contribution in [3.8, 4) is 5.75 Å². The molecule has 1 aliphatic heterocycles. The monoisotopic (exact) mass is 432 g/mol. The van der Waals surface area contributed by atoms with Crippen LogP contribution in [0.4, 0.5) is 15.8 Å². The Labute approximate surface area is 171 Å². The quantitative estimate of drug-likeness (QED) is 0.664. The predicted octanol–water partition coefficient (Wildman–Crippen LogP) is 3.90. The van der Waals surface area contributed by atoms with Gasteiger partial charge in [-0.25, -0.2) is 12.8 Å². The van der Waals surface area contributed by atoms with Crippen molar-refractivity contribution in [3.05, 3.63) is 70.2 Å². The number of carbonyl (C=O) groups excluding carboxylic acids is 1. The Morgan fingerprint density at radius 3 is 2.72 bits per heavy atom. The molecule has 1 aromatic heterocycles. The van der Waals surface area contributed by atoms with Crippen LogP contribution in [0.15, 0.2) is 58.8 Å². The van der Waals surface area contributed by atoms with Gasteiger partial charge in [0.15, 0.2) is 11.6 Å². The number of hydrogen-bond donors (Lipinski definition) is 1. The van der Waals surface area contributed by atoms with Gasteiger partial charge in [-0.2, -0.15) is 0 Å². The summed E-state index contributed by atoms with van der Waals surface area (Å²) in [6, 6.07) is 12.1. The maximum atomic E-state index is 13.9. The minimum Gasteiger partial charge on any atom is -0.494 e. The second kappa shape index (κ2) is 7.49. The van der Waals surface area contributed by atoms with Crippen LogP contribution in [0.3, 0.4) is 0 Å². The lowest BCUT2D eigenvalue weighted by atomic mass is 10.1. The Morgan fingerprint density at radius 2 is 2.03 bits per heavy atom. The van der Waals surface area contributed by atoms with Crippen molar-refractivity contribution in [1.29, 1.82) is 0 Å². The summed E-state index contributed by atoms with van der Waals surface area (Å²) in [6.45, 7) is 0.534. The van der Waals surface area contributed by atoms with Crippen LogP contribution in [-0.2, 0) is 16.4 Å². The number of ether oxygens (including phenoxy) is 1. The summed E-state index contributed by atoms with van der Waals surface area (Å²) >= 11 is 1.36. The molecule has 0 saturated heterocycles. The molecule has 0 unspecified atom stereocenters. The van der Waals surface area contributed by atoms with Gasteiger partial charge in [-0.05, 0) is 53.8 Å². The highest BCUT2D eigenvalue weighted by atomic mass is 32.2. The van der Waals surface area contributed by atoms with E-state index in [1.165, 1.54) is 30.6 Å². The van der Waals surface area contributed by atoms with Crippen LogP contribution in [0.25, 0.3) is 0 Å². The van der Waals surface area contributed by atoms with Gasteiger partial charge in [0.2, 0.25) is 0 Å². The molecule has 29 heavy (non-hydrogen) atoms. The Bertz CT molecular complexity index is 1180. The first-order valence-corrected chi connectivity index (χ1v) is 11.1. The average molecular weight is 432 g/mol. The number of anilines is 2. The summed E-state index contributed by atoms with van der Waals surface area (Å²) in [4.78, 5) is 14.8. The molecule has 1 amide bonds. The molecular formula is C20H17FN2O4S2. The lowest BCUT2D eigenvalue weighted by Crippen LogP contribution is -2.28. The van der Waals surface area contributed by atoms with E-state index in [2.05, 4.69) is 4.72 Å². The van der Waals surface area contributed by atoms with Gasteiger partial charge in [0, 0.05) is 12.2 Å². The minimum atomic E-state index is -4.01. The smallest absolute Gasteiger partial charge is 0.268 e. The fourth-order valence-corrected chi connectivity index (χ4v) is 4.95. The van der Waals surface area contributed by atoms with E-state index >= 15 is 0 Å². The normalized spacial score (nSPS) is 13.2. The molecule has 1 N–H and O–H groups in total. The molecule has 150 valence electrons. The second-order valence-electron chi connectivity index (χ2n) is 6.43. The molecule has 0 bridgehead atoms. The lowest BCUT2D eigenvalue weighted by Gasteiger charge is -2.17. The van der Waals surface area contributed by atoms with E-state index < -0.39 is 15.8 Å². The lowest BCUT2D eigenvalue weighted by molar-refractivity contribution is 0.0993. The van der Waals surface area contributed by atoms with Crippen LogP contribution in [0.2, 0.25) is 0 Å². The SMILES string of the molecule is COc1ccc(S(=O)(=O)Nc2ccc3c(c2)N(C(=O)c2cccs2)CC3)cc1F. The van der Waals surface area contributed by atoms with E-state index in [0.717, 1.165) is 11.6 Å². The molecule has 0 fully saturated rings. The van der Waals surface area contributed by atoms with E-state index in [1.54, 1.807) is 29.2 Å². The van der Waals surface area contributed by atoms with Crippen LogP contribution in [0.5, 0.6) is 5.75 Å². The van der Waals surface area contributed by atoms with E-state index in [9.17, 15) is 17.6 Å². The zero-order chi connectivity index (χ0) is 20.6. The van der Waals surface area contributed by atoms with Gasteiger partial charge in [-0.15, -0.1) is 11.3 Å². The van der Waals surface area contributed by atoms with Crippen molar-refractivity contribution in [2.75, 3.05) is 23.3 Å². The molecule has 0 saturated carbocycles. The van der Waals surface area contributed by atoms with Crippen molar-refractivity contribution < 1.29 is 22.3 Å².